The maximum absolute atomic E-state index is 12.4. The minimum atomic E-state index is -0.325. The van der Waals surface area contributed by atoms with Gasteiger partial charge in [-0.2, -0.15) is 0 Å². The van der Waals surface area contributed by atoms with Crippen LogP contribution in [0.5, 0.6) is 0 Å². The molecule has 1 rings (SSSR count). The molecule has 4 nitrogen and oxygen atoms in total. The molecule has 2 unspecified atom stereocenters. The van der Waals surface area contributed by atoms with Crippen molar-refractivity contribution in [1.82, 2.24) is 0 Å². The second-order valence-corrected chi connectivity index (χ2v) is 7.44. The van der Waals surface area contributed by atoms with Crippen LogP contribution >= 0.6 is 0 Å². The highest BCUT2D eigenvalue weighted by Crippen LogP contribution is 2.16. The third kappa shape index (κ3) is 8.90. The molecule has 0 spiro atoms. The van der Waals surface area contributed by atoms with Crippen LogP contribution in [0.4, 0.5) is 0 Å². The van der Waals surface area contributed by atoms with Crippen LogP contribution in [-0.4, -0.2) is 24.1 Å². The lowest BCUT2D eigenvalue weighted by atomic mass is 10.1. The molecule has 0 aromatic heterocycles. The molecule has 0 aliphatic heterocycles. The summed E-state index contributed by atoms with van der Waals surface area (Å²) in [6.07, 6.45) is 10.1. The van der Waals surface area contributed by atoms with E-state index in [0.29, 0.717) is 11.1 Å². The van der Waals surface area contributed by atoms with Gasteiger partial charge in [-0.25, -0.2) is 9.59 Å². The van der Waals surface area contributed by atoms with E-state index in [1.807, 2.05) is 13.8 Å². The van der Waals surface area contributed by atoms with E-state index in [4.69, 9.17) is 9.47 Å². The van der Waals surface area contributed by atoms with Gasteiger partial charge in [-0.3, -0.25) is 0 Å². The number of carbonyl (C=O) groups is 2. The van der Waals surface area contributed by atoms with Crippen molar-refractivity contribution in [3.8, 4) is 0 Å². The summed E-state index contributed by atoms with van der Waals surface area (Å²) in [6.45, 7) is 8.39. The molecule has 0 bridgehead atoms. The first-order valence-electron chi connectivity index (χ1n) is 11.1. The molecule has 0 saturated heterocycles. The highest BCUT2D eigenvalue weighted by atomic mass is 16.5. The zero-order valence-electron chi connectivity index (χ0n) is 18.2. The molecule has 0 aliphatic carbocycles. The summed E-state index contributed by atoms with van der Waals surface area (Å²) in [5.74, 6) is -0.650. The molecule has 158 valence electrons. The van der Waals surface area contributed by atoms with Gasteiger partial charge in [0.05, 0.1) is 11.1 Å². The lowest BCUT2D eigenvalue weighted by molar-refractivity contribution is 0.0252. The van der Waals surface area contributed by atoms with E-state index in [-0.39, 0.29) is 24.1 Å². The summed E-state index contributed by atoms with van der Waals surface area (Å²) in [5.41, 5.74) is 0.945. The largest absolute Gasteiger partial charge is 0.459 e. The van der Waals surface area contributed by atoms with Crippen LogP contribution in [0.1, 0.15) is 113 Å². The molecule has 0 heterocycles. The number of ether oxygens (including phenoxy) is 2. The molecular formula is C24H38O4. The molecule has 1 aromatic rings. The Kier molecular flexibility index (Phi) is 12.3. The Bertz CT molecular complexity index is 513. The maximum Gasteiger partial charge on any atom is 0.338 e. The number of unbranched alkanes of at least 4 members (excludes halogenated alkanes) is 4. The van der Waals surface area contributed by atoms with E-state index in [1.54, 1.807) is 24.3 Å². The van der Waals surface area contributed by atoms with E-state index >= 15 is 0 Å². The summed E-state index contributed by atoms with van der Waals surface area (Å²) < 4.78 is 11.2. The van der Waals surface area contributed by atoms with E-state index in [1.165, 1.54) is 0 Å². The SMILES string of the molecule is CCCCCC(CC)OC(=O)c1ccc(C(=O)OC(CC)CCCCC)cc1. The second kappa shape index (κ2) is 14.2. The van der Waals surface area contributed by atoms with Crippen LogP contribution in [0.2, 0.25) is 0 Å². The Balaban J connectivity index is 2.58. The molecule has 0 N–H and O–H groups in total. The monoisotopic (exact) mass is 390 g/mol. The first-order chi connectivity index (χ1) is 13.5. The lowest BCUT2D eigenvalue weighted by Crippen LogP contribution is -2.19. The highest BCUT2D eigenvalue weighted by molar-refractivity contribution is 5.93. The van der Waals surface area contributed by atoms with Crippen molar-refractivity contribution in [2.45, 2.75) is 104 Å². The fourth-order valence-corrected chi connectivity index (χ4v) is 3.12. The molecule has 0 amide bonds. The molecule has 0 radical (unpaired) electrons. The van der Waals surface area contributed by atoms with Gasteiger partial charge >= 0.3 is 11.9 Å². The highest BCUT2D eigenvalue weighted by Gasteiger charge is 2.17. The first-order valence-corrected chi connectivity index (χ1v) is 11.1. The fourth-order valence-electron chi connectivity index (χ4n) is 3.12. The fraction of sp³-hybridized carbons (Fsp3) is 0.667. The molecule has 2 atom stereocenters. The number of benzene rings is 1. The summed E-state index contributed by atoms with van der Waals surface area (Å²) in [4.78, 5) is 24.7. The van der Waals surface area contributed by atoms with Crippen molar-refractivity contribution in [3.05, 3.63) is 35.4 Å². The van der Waals surface area contributed by atoms with Gasteiger partial charge in [0.15, 0.2) is 0 Å². The van der Waals surface area contributed by atoms with E-state index in [2.05, 4.69) is 13.8 Å². The van der Waals surface area contributed by atoms with Crippen molar-refractivity contribution < 1.29 is 19.1 Å². The van der Waals surface area contributed by atoms with Crippen LogP contribution < -0.4 is 0 Å². The molecule has 0 saturated carbocycles. The molecule has 1 aromatic carbocycles. The minimum Gasteiger partial charge on any atom is -0.459 e. The van der Waals surface area contributed by atoms with Gasteiger partial charge in [0.1, 0.15) is 12.2 Å². The zero-order valence-corrected chi connectivity index (χ0v) is 18.2. The number of rotatable bonds is 14. The van der Waals surface area contributed by atoms with Crippen LogP contribution in [0.25, 0.3) is 0 Å². The third-order valence-corrected chi connectivity index (χ3v) is 5.07. The van der Waals surface area contributed by atoms with Crippen molar-refractivity contribution in [2.24, 2.45) is 0 Å². The number of hydrogen-bond acceptors (Lipinski definition) is 4. The molecule has 4 heteroatoms. The summed E-state index contributed by atoms with van der Waals surface area (Å²) >= 11 is 0. The van der Waals surface area contributed by atoms with Gasteiger partial charge in [-0.05, 0) is 62.8 Å². The van der Waals surface area contributed by atoms with Crippen molar-refractivity contribution in [2.75, 3.05) is 0 Å². The van der Waals surface area contributed by atoms with Gasteiger partial charge in [-0.15, -0.1) is 0 Å². The second-order valence-electron chi connectivity index (χ2n) is 7.44. The predicted molar refractivity (Wildman–Crippen MR) is 114 cm³/mol. The standard InChI is InChI=1S/C24H38O4/c1-5-9-11-13-21(7-3)27-23(25)19-15-17-20(18-16-19)24(26)28-22(8-4)14-12-10-6-2/h15-18,21-22H,5-14H2,1-4H3. The zero-order chi connectivity index (χ0) is 20.8. The smallest absolute Gasteiger partial charge is 0.338 e. The van der Waals surface area contributed by atoms with Crippen molar-refractivity contribution in [3.63, 3.8) is 0 Å². The third-order valence-electron chi connectivity index (χ3n) is 5.07. The predicted octanol–water partition coefficient (Wildman–Crippen LogP) is 6.72. The molecular weight excluding hydrogens is 352 g/mol. The normalized spacial score (nSPS) is 13.0. The first kappa shape index (κ1) is 24.2. The number of hydrogen-bond donors (Lipinski definition) is 0. The average molecular weight is 391 g/mol. The van der Waals surface area contributed by atoms with Crippen molar-refractivity contribution in [1.29, 1.82) is 0 Å². The van der Waals surface area contributed by atoms with E-state index < -0.39 is 0 Å². The Morgan fingerprint density at radius 1 is 0.679 bits per heavy atom. The number of carbonyl (C=O) groups excluding carboxylic acids is 2. The Morgan fingerprint density at radius 2 is 1.04 bits per heavy atom. The van der Waals surface area contributed by atoms with Crippen LogP contribution in [0, 0.1) is 0 Å². The van der Waals surface area contributed by atoms with Crippen LogP contribution in [-0.2, 0) is 9.47 Å². The van der Waals surface area contributed by atoms with Crippen LogP contribution in [0.3, 0.4) is 0 Å². The van der Waals surface area contributed by atoms with Crippen molar-refractivity contribution >= 4 is 11.9 Å². The minimum absolute atomic E-state index is 0.0443. The van der Waals surface area contributed by atoms with Gasteiger partial charge in [0, 0.05) is 0 Å². The summed E-state index contributed by atoms with van der Waals surface area (Å²) in [7, 11) is 0. The topological polar surface area (TPSA) is 52.6 Å². The Morgan fingerprint density at radius 3 is 1.32 bits per heavy atom. The quantitative estimate of drug-likeness (QED) is 0.261. The number of esters is 2. The maximum atomic E-state index is 12.4. The van der Waals surface area contributed by atoms with Crippen LogP contribution in [0.15, 0.2) is 24.3 Å². The Hall–Kier alpha value is -1.84. The van der Waals surface area contributed by atoms with Gasteiger partial charge in [0.25, 0.3) is 0 Å². The average Bonchev–Trinajstić information content (AvgIpc) is 2.72. The summed E-state index contributed by atoms with van der Waals surface area (Å²) in [5, 5.41) is 0. The molecule has 0 fully saturated rings. The van der Waals surface area contributed by atoms with E-state index in [9.17, 15) is 9.59 Å². The summed E-state index contributed by atoms with van der Waals surface area (Å²) in [6, 6.07) is 6.59. The van der Waals surface area contributed by atoms with E-state index in [0.717, 1.165) is 64.2 Å². The molecule has 0 aliphatic rings. The van der Waals surface area contributed by atoms with Gasteiger partial charge in [-0.1, -0.05) is 53.4 Å². The molecule has 28 heavy (non-hydrogen) atoms. The lowest BCUT2D eigenvalue weighted by Gasteiger charge is -2.17. The van der Waals surface area contributed by atoms with Gasteiger partial charge < -0.3 is 9.47 Å². The van der Waals surface area contributed by atoms with Gasteiger partial charge in [0.2, 0.25) is 0 Å². The Labute approximate surface area is 171 Å².